The average Bonchev–Trinajstić information content (AvgIpc) is 2.95. The first-order chi connectivity index (χ1) is 12.5. The van der Waals surface area contributed by atoms with Crippen molar-refractivity contribution >= 4 is 28.2 Å². The van der Waals surface area contributed by atoms with Crippen LogP contribution in [0.25, 0.3) is 0 Å². The van der Waals surface area contributed by atoms with E-state index in [0.717, 1.165) is 49.5 Å². The number of hydrogen-bond acceptors (Lipinski definition) is 6. The molecular formula is C19H31N3O3S. The van der Waals surface area contributed by atoms with Crippen LogP contribution in [0, 0.1) is 5.92 Å². The lowest BCUT2D eigenvalue weighted by atomic mass is 10.0. The number of ether oxygens (including phenoxy) is 1. The molecule has 0 fully saturated rings. The van der Waals surface area contributed by atoms with Crippen molar-refractivity contribution in [3.63, 3.8) is 0 Å². The van der Waals surface area contributed by atoms with Gasteiger partial charge in [-0.25, -0.2) is 4.79 Å². The normalized spacial score (nSPS) is 14.3. The van der Waals surface area contributed by atoms with Gasteiger partial charge in [-0.2, -0.15) is 0 Å². The van der Waals surface area contributed by atoms with E-state index >= 15 is 0 Å². The van der Waals surface area contributed by atoms with Crippen molar-refractivity contribution in [2.75, 3.05) is 38.1 Å². The molecule has 0 atom stereocenters. The average molecular weight is 382 g/mol. The summed E-state index contributed by atoms with van der Waals surface area (Å²) >= 11 is 1.51. The van der Waals surface area contributed by atoms with Gasteiger partial charge >= 0.3 is 5.97 Å². The van der Waals surface area contributed by atoms with E-state index in [2.05, 4.69) is 36.3 Å². The summed E-state index contributed by atoms with van der Waals surface area (Å²) in [6.07, 6.45) is 1.85. The van der Waals surface area contributed by atoms with Crippen molar-refractivity contribution < 1.29 is 14.3 Å². The van der Waals surface area contributed by atoms with Crippen molar-refractivity contribution in [1.82, 2.24) is 10.2 Å². The SMILES string of the molecule is CCOC(=O)c1c(NC(=O)CNCCC(C)C)sc2c1CCN(CC)C2. The highest BCUT2D eigenvalue weighted by Gasteiger charge is 2.29. The minimum atomic E-state index is -0.335. The lowest BCUT2D eigenvalue weighted by Gasteiger charge is -2.25. The van der Waals surface area contributed by atoms with Gasteiger partial charge in [0.2, 0.25) is 5.91 Å². The highest BCUT2D eigenvalue weighted by molar-refractivity contribution is 7.17. The number of anilines is 1. The number of thiophene rings is 1. The summed E-state index contributed by atoms with van der Waals surface area (Å²) in [6, 6.07) is 0. The van der Waals surface area contributed by atoms with E-state index in [1.54, 1.807) is 6.92 Å². The predicted octanol–water partition coefficient (Wildman–Crippen LogP) is 2.88. The molecule has 26 heavy (non-hydrogen) atoms. The number of amides is 1. The molecule has 0 saturated heterocycles. The van der Waals surface area contributed by atoms with Gasteiger partial charge in [0.15, 0.2) is 0 Å². The van der Waals surface area contributed by atoms with Gasteiger partial charge in [0, 0.05) is 18.0 Å². The van der Waals surface area contributed by atoms with Gasteiger partial charge < -0.3 is 15.4 Å². The highest BCUT2D eigenvalue weighted by atomic mass is 32.1. The third kappa shape index (κ3) is 5.53. The summed E-state index contributed by atoms with van der Waals surface area (Å²) in [4.78, 5) is 28.3. The summed E-state index contributed by atoms with van der Waals surface area (Å²) in [5.74, 6) is 0.148. The van der Waals surface area contributed by atoms with E-state index in [1.165, 1.54) is 11.3 Å². The first-order valence-electron chi connectivity index (χ1n) is 9.50. The van der Waals surface area contributed by atoms with Crippen molar-refractivity contribution in [3.05, 3.63) is 16.0 Å². The second-order valence-corrected chi connectivity index (χ2v) is 8.06. The Hall–Kier alpha value is -1.44. The Morgan fingerprint density at radius 2 is 2.08 bits per heavy atom. The maximum atomic E-state index is 12.5. The molecule has 6 nitrogen and oxygen atoms in total. The molecule has 2 heterocycles. The number of likely N-dealkylation sites (N-methyl/N-ethyl adjacent to an activating group) is 1. The van der Waals surface area contributed by atoms with Crippen molar-refractivity contribution in [3.8, 4) is 0 Å². The molecule has 1 aliphatic rings. The third-order valence-electron chi connectivity index (χ3n) is 4.50. The van der Waals surface area contributed by atoms with Gasteiger partial charge in [-0.15, -0.1) is 11.3 Å². The third-order valence-corrected chi connectivity index (χ3v) is 5.63. The van der Waals surface area contributed by atoms with Gasteiger partial charge in [0.1, 0.15) is 5.00 Å². The second-order valence-electron chi connectivity index (χ2n) is 6.95. The van der Waals surface area contributed by atoms with Crippen LogP contribution < -0.4 is 10.6 Å². The molecule has 0 aromatic carbocycles. The Morgan fingerprint density at radius 1 is 1.31 bits per heavy atom. The number of rotatable bonds is 9. The highest BCUT2D eigenvalue weighted by Crippen LogP contribution is 2.37. The predicted molar refractivity (Wildman–Crippen MR) is 106 cm³/mol. The Morgan fingerprint density at radius 3 is 2.73 bits per heavy atom. The van der Waals surface area contributed by atoms with Gasteiger partial charge in [0.25, 0.3) is 0 Å². The van der Waals surface area contributed by atoms with Crippen LogP contribution in [0.4, 0.5) is 5.00 Å². The Labute approximate surface area is 160 Å². The van der Waals surface area contributed by atoms with Crippen LogP contribution in [-0.2, 0) is 22.5 Å². The number of fused-ring (bicyclic) bond motifs is 1. The van der Waals surface area contributed by atoms with E-state index in [4.69, 9.17) is 4.74 Å². The first-order valence-corrected chi connectivity index (χ1v) is 10.3. The van der Waals surface area contributed by atoms with Gasteiger partial charge in [-0.05, 0) is 44.3 Å². The van der Waals surface area contributed by atoms with Crippen LogP contribution in [0.3, 0.4) is 0 Å². The van der Waals surface area contributed by atoms with Crippen molar-refractivity contribution in [1.29, 1.82) is 0 Å². The Balaban J connectivity index is 2.10. The number of nitrogens with one attached hydrogen (secondary N) is 2. The monoisotopic (exact) mass is 381 g/mol. The van der Waals surface area contributed by atoms with E-state index < -0.39 is 0 Å². The number of hydrogen-bond donors (Lipinski definition) is 2. The topological polar surface area (TPSA) is 70.7 Å². The summed E-state index contributed by atoms with van der Waals surface area (Å²) in [5.41, 5.74) is 1.60. The minimum Gasteiger partial charge on any atom is -0.462 e. The van der Waals surface area contributed by atoms with Gasteiger partial charge in [-0.1, -0.05) is 20.8 Å². The standard InChI is InChI=1S/C19H31N3O3S/c1-5-22-10-8-14-15(12-22)26-18(17(14)19(24)25-6-2)21-16(23)11-20-9-7-13(3)4/h13,20H,5-12H2,1-4H3,(H,21,23). The lowest BCUT2D eigenvalue weighted by Crippen LogP contribution is -2.30. The molecule has 0 bridgehead atoms. The lowest BCUT2D eigenvalue weighted by molar-refractivity contribution is -0.115. The van der Waals surface area contributed by atoms with Gasteiger partial charge in [0.05, 0.1) is 18.7 Å². The molecule has 1 amide bonds. The van der Waals surface area contributed by atoms with Crippen molar-refractivity contribution in [2.24, 2.45) is 5.92 Å². The zero-order valence-corrected chi connectivity index (χ0v) is 17.1. The molecule has 2 N–H and O–H groups in total. The molecule has 0 saturated carbocycles. The molecule has 1 aliphatic heterocycles. The van der Waals surface area contributed by atoms with E-state index in [-0.39, 0.29) is 18.4 Å². The fourth-order valence-corrected chi connectivity index (χ4v) is 4.29. The molecule has 0 unspecified atom stereocenters. The molecule has 0 aliphatic carbocycles. The molecule has 0 radical (unpaired) electrons. The summed E-state index contributed by atoms with van der Waals surface area (Å²) < 4.78 is 5.24. The van der Waals surface area contributed by atoms with Crippen LogP contribution in [0.1, 0.15) is 54.9 Å². The van der Waals surface area contributed by atoms with E-state index in [9.17, 15) is 9.59 Å². The van der Waals surface area contributed by atoms with Crippen LogP contribution >= 0.6 is 11.3 Å². The number of esters is 1. The molecule has 146 valence electrons. The molecule has 2 rings (SSSR count). The molecule has 1 aromatic heterocycles. The van der Waals surface area contributed by atoms with E-state index in [0.29, 0.717) is 23.1 Å². The van der Waals surface area contributed by atoms with Gasteiger partial charge in [-0.3, -0.25) is 9.69 Å². The maximum Gasteiger partial charge on any atom is 0.341 e. The van der Waals surface area contributed by atoms with Crippen LogP contribution in [0.5, 0.6) is 0 Å². The number of carbonyl (C=O) groups excluding carboxylic acids is 2. The summed E-state index contributed by atoms with van der Waals surface area (Å²) in [7, 11) is 0. The maximum absolute atomic E-state index is 12.5. The largest absolute Gasteiger partial charge is 0.462 e. The molecule has 0 spiro atoms. The van der Waals surface area contributed by atoms with Crippen LogP contribution in [0.15, 0.2) is 0 Å². The minimum absolute atomic E-state index is 0.120. The Kier molecular flexibility index (Phi) is 8.06. The van der Waals surface area contributed by atoms with E-state index in [1.807, 2.05) is 0 Å². The molecule has 7 heteroatoms. The Bertz CT molecular complexity index is 628. The first kappa shape index (κ1) is 20.9. The summed E-state index contributed by atoms with van der Waals surface area (Å²) in [6.45, 7) is 12.4. The smallest absolute Gasteiger partial charge is 0.341 e. The van der Waals surface area contributed by atoms with Crippen molar-refractivity contribution in [2.45, 2.75) is 47.1 Å². The van der Waals surface area contributed by atoms with Crippen LogP contribution in [0.2, 0.25) is 0 Å². The molecule has 1 aromatic rings. The van der Waals surface area contributed by atoms with Crippen LogP contribution in [-0.4, -0.2) is 49.6 Å². The summed E-state index contributed by atoms with van der Waals surface area (Å²) in [5, 5.41) is 6.71. The molecular weight excluding hydrogens is 350 g/mol. The number of carbonyl (C=O) groups is 2. The zero-order chi connectivity index (χ0) is 19.1. The second kappa shape index (κ2) is 10.0. The fraction of sp³-hybridized carbons (Fsp3) is 0.684. The number of nitrogens with zero attached hydrogens (tertiary/aromatic N) is 1. The zero-order valence-electron chi connectivity index (χ0n) is 16.3. The fourth-order valence-electron chi connectivity index (χ4n) is 3.00. The quantitative estimate of drug-likeness (QED) is 0.508.